The second-order valence-corrected chi connectivity index (χ2v) is 5.39. The SMILES string of the molecule is Cn1cnc(S(=O)(=O)N2CC=CCC2)c1. The summed E-state index contributed by atoms with van der Waals surface area (Å²) in [5, 5.41) is 0.125. The Kier molecular flexibility index (Phi) is 2.62. The van der Waals surface area contributed by atoms with Gasteiger partial charge in [0.05, 0.1) is 6.33 Å². The van der Waals surface area contributed by atoms with Crippen LogP contribution in [0.5, 0.6) is 0 Å². The van der Waals surface area contributed by atoms with Crippen LogP contribution in [0.15, 0.2) is 29.7 Å². The molecule has 2 rings (SSSR count). The topological polar surface area (TPSA) is 55.2 Å². The van der Waals surface area contributed by atoms with Crippen LogP contribution < -0.4 is 0 Å². The number of nitrogens with zero attached hydrogens (tertiary/aromatic N) is 3. The lowest BCUT2D eigenvalue weighted by Crippen LogP contribution is -2.34. The molecule has 0 spiro atoms. The van der Waals surface area contributed by atoms with E-state index in [1.54, 1.807) is 11.6 Å². The first kappa shape index (κ1) is 10.4. The summed E-state index contributed by atoms with van der Waals surface area (Å²) in [6.07, 6.45) is 7.64. The highest BCUT2D eigenvalue weighted by Crippen LogP contribution is 2.15. The molecule has 0 atom stereocenters. The van der Waals surface area contributed by atoms with Crippen LogP contribution in [0.4, 0.5) is 0 Å². The van der Waals surface area contributed by atoms with Crippen molar-refractivity contribution in [1.82, 2.24) is 13.9 Å². The quantitative estimate of drug-likeness (QED) is 0.686. The molecule has 1 aromatic heterocycles. The molecule has 0 N–H and O–H groups in total. The van der Waals surface area contributed by atoms with Crippen molar-refractivity contribution >= 4 is 10.0 Å². The smallest absolute Gasteiger partial charge is 0.262 e. The normalized spacial score (nSPS) is 18.2. The summed E-state index contributed by atoms with van der Waals surface area (Å²) in [4.78, 5) is 3.87. The minimum absolute atomic E-state index is 0.125. The van der Waals surface area contributed by atoms with Crippen molar-refractivity contribution in [2.24, 2.45) is 7.05 Å². The molecule has 0 saturated carbocycles. The van der Waals surface area contributed by atoms with Gasteiger partial charge >= 0.3 is 0 Å². The number of aromatic nitrogens is 2. The van der Waals surface area contributed by atoms with Crippen molar-refractivity contribution in [1.29, 1.82) is 0 Å². The zero-order valence-electron chi connectivity index (χ0n) is 8.50. The average Bonchev–Trinajstić information content (AvgIpc) is 2.67. The first-order valence-corrected chi connectivity index (χ1v) is 6.18. The third kappa shape index (κ3) is 1.95. The molecule has 1 aliphatic rings. The predicted molar refractivity (Wildman–Crippen MR) is 55.7 cm³/mol. The van der Waals surface area contributed by atoms with Crippen LogP contribution in [0.1, 0.15) is 6.42 Å². The zero-order valence-corrected chi connectivity index (χ0v) is 9.31. The second kappa shape index (κ2) is 3.79. The zero-order chi connectivity index (χ0) is 10.9. The van der Waals surface area contributed by atoms with E-state index in [0.29, 0.717) is 13.1 Å². The molecule has 1 aromatic rings. The fraction of sp³-hybridized carbons (Fsp3) is 0.444. The van der Waals surface area contributed by atoms with Gasteiger partial charge in [-0.2, -0.15) is 4.31 Å². The summed E-state index contributed by atoms with van der Waals surface area (Å²) in [5.41, 5.74) is 0. The summed E-state index contributed by atoms with van der Waals surface area (Å²) in [5.74, 6) is 0. The van der Waals surface area contributed by atoms with Gasteiger partial charge in [-0.3, -0.25) is 0 Å². The maximum atomic E-state index is 12.0. The minimum atomic E-state index is -3.39. The molecule has 0 aliphatic carbocycles. The Morgan fingerprint density at radius 1 is 1.40 bits per heavy atom. The van der Waals surface area contributed by atoms with Gasteiger partial charge in [-0.1, -0.05) is 12.2 Å². The molecular formula is C9H13N3O2S. The van der Waals surface area contributed by atoms with Gasteiger partial charge in [0.2, 0.25) is 0 Å². The predicted octanol–water partition coefficient (Wildman–Crippen LogP) is 0.371. The molecule has 0 unspecified atom stereocenters. The third-order valence-corrected chi connectivity index (χ3v) is 4.06. The fourth-order valence-electron chi connectivity index (χ4n) is 1.49. The molecule has 0 amide bonds. The van der Waals surface area contributed by atoms with Crippen molar-refractivity contribution in [2.75, 3.05) is 13.1 Å². The van der Waals surface area contributed by atoms with Crippen LogP contribution in [-0.2, 0) is 17.1 Å². The first-order valence-electron chi connectivity index (χ1n) is 4.74. The summed E-state index contributed by atoms with van der Waals surface area (Å²) >= 11 is 0. The van der Waals surface area contributed by atoms with E-state index < -0.39 is 10.0 Å². The Bertz CT molecular complexity index is 475. The molecular weight excluding hydrogens is 214 g/mol. The Morgan fingerprint density at radius 3 is 2.73 bits per heavy atom. The van der Waals surface area contributed by atoms with E-state index in [0.717, 1.165) is 6.42 Å². The van der Waals surface area contributed by atoms with Crippen molar-refractivity contribution in [2.45, 2.75) is 11.4 Å². The average molecular weight is 227 g/mol. The first-order chi connectivity index (χ1) is 7.10. The van der Waals surface area contributed by atoms with E-state index in [-0.39, 0.29) is 5.03 Å². The highest BCUT2D eigenvalue weighted by molar-refractivity contribution is 7.89. The van der Waals surface area contributed by atoms with E-state index in [1.165, 1.54) is 16.8 Å². The number of imidazole rings is 1. The molecule has 6 heteroatoms. The maximum absolute atomic E-state index is 12.0. The van der Waals surface area contributed by atoms with Crippen LogP contribution in [-0.4, -0.2) is 35.4 Å². The van der Waals surface area contributed by atoms with Crippen molar-refractivity contribution < 1.29 is 8.42 Å². The van der Waals surface area contributed by atoms with Crippen LogP contribution in [0.3, 0.4) is 0 Å². The van der Waals surface area contributed by atoms with Gasteiger partial charge in [0.25, 0.3) is 10.0 Å². The Balaban J connectivity index is 2.30. The largest absolute Gasteiger partial charge is 0.339 e. The minimum Gasteiger partial charge on any atom is -0.339 e. The Morgan fingerprint density at radius 2 is 2.20 bits per heavy atom. The number of sulfonamides is 1. The standard InChI is InChI=1S/C9H13N3O2S/c1-11-7-9(10-8-11)15(13,14)12-5-3-2-4-6-12/h2-3,7-8H,4-6H2,1H3. The molecule has 2 heterocycles. The van der Waals surface area contributed by atoms with Gasteiger partial charge in [0.15, 0.2) is 5.03 Å². The van der Waals surface area contributed by atoms with E-state index in [9.17, 15) is 8.42 Å². The Hall–Kier alpha value is -1.14. The number of hydrogen-bond donors (Lipinski definition) is 0. The van der Waals surface area contributed by atoms with Gasteiger partial charge in [-0.05, 0) is 6.42 Å². The van der Waals surface area contributed by atoms with E-state index in [1.807, 2.05) is 12.2 Å². The molecule has 0 aromatic carbocycles. The molecule has 5 nitrogen and oxygen atoms in total. The van der Waals surface area contributed by atoms with Gasteiger partial charge in [0, 0.05) is 26.3 Å². The molecule has 0 fully saturated rings. The summed E-state index contributed by atoms with van der Waals surface area (Å²) in [6.45, 7) is 0.980. The summed E-state index contributed by atoms with van der Waals surface area (Å²) in [7, 11) is -1.64. The lowest BCUT2D eigenvalue weighted by atomic mass is 10.3. The van der Waals surface area contributed by atoms with Crippen LogP contribution in [0.25, 0.3) is 0 Å². The van der Waals surface area contributed by atoms with Gasteiger partial charge in [-0.15, -0.1) is 0 Å². The lowest BCUT2D eigenvalue weighted by molar-refractivity contribution is 0.435. The van der Waals surface area contributed by atoms with Crippen LogP contribution >= 0.6 is 0 Å². The second-order valence-electron chi connectivity index (χ2n) is 3.50. The summed E-state index contributed by atoms with van der Waals surface area (Å²) in [6, 6.07) is 0. The fourth-order valence-corrected chi connectivity index (χ4v) is 2.86. The molecule has 0 radical (unpaired) electrons. The Labute approximate surface area is 89.1 Å². The number of rotatable bonds is 2. The molecule has 0 saturated heterocycles. The van der Waals surface area contributed by atoms with E-state index >= 15 is 0 Å². The molecule has 1 aliphatic heterocycles. The molecule has 0 bridgehead atoms. The van der Waals surface area contributed by atoms with Gasteiger partial charge < -0.3 is 4.57 Å². The molecule has 15 heavy (non-hydrogen) atoms. The van der Waals surface area contributed by atoms with Crippen LogP contribution in [0, 0.1) is 0 Å². The van der Waals surface area contributed by atoms with E-state index in [2.05, 4.69) is 4.98 Å². The van der Waals surface area contributed by atoms with Crippen molar-refractivity contribution in [3.05, 3.63) is 24.7 Å². The van der Waals surface area contributed by atoms with Crippen molar-refractivity contribution in [3.8, 4) is 0 Å². The number of hydrogen-bond acceptors (Lipinski definition) is 3. The maximum Gasteiger partial charge on any atom is 0.262 e. The highest BCUT2D eigenvalue weighted by atomic mass is 32.2. The third-order valence-electron chi connectivity index (χ3n) is 2.31. The van der Waals surface area contributed by atoms with Gasteiger partial charge in [0.1, 0.15) is 0 Å². The van der Waals surface area contributed by atoms with Crippen molar-refractivity contribution in [3.63, 3.8) is 0 Å². The monoisotopic (exact) mass is 227 g/mol. The molecule has 82 valence electrons. The summed E-state index contributed by atoms with van der Waals surface area (Å²) < 4.78 is 27.1. The van der Waals surface area contributed by atoms with Gasteiger partial charge in [-0.25, -0.2) is 13.4 Å². The number of aryl methyl sites for hydroxylation is 1. The van der Waals surface area contributed by atoms with Crippen LogP contribution in [0.2, 0.25) is 0 Å². The highest BCUT2D eigenvalue weighted by Gasteiger charge is 2.26. The lowest BCUT2D eigenvalue weighted by Gasteiger charge is -2.21. The van der Waals surface area contributed by atoms with E-state index in [4.69, 9.17) is 0 Å².